The molecule has 0 aromatic rings. The molecule has 4 rings (SSSR count). The van der Waals surface area contributed by atoms with Crippen molar-refractivity contribution in [3.63, 3.8) is 0 Å². The van der Waals surface area contributed by atoms with Gasteiger partial charge in [0.1, 0.15) is 12.9 Å². The molecule has 1 N–H and O–H groups in total. The predicted octanol–water partition coefficient (Wildman–Crippen LogP) is 2.42. The Hall–Kier alpha value is -1.82. The highest BCUT2D eigenvalue weighted by Gasteiger charge is 2.64. The number of esters is 1. The van der Waals surface area contributed by atoms with Crippen LogP contribution in [0.1, 0.15) is 58.8 Å². The number of aliphatic hydroxyl groups is 1. The maximum Gasteiger partial charge on any atom is 0.303 e. The lowest BCUT2D eigenvalue weighted by Crippen LogP contribution is -2.58. The molecular formula is C23H30O6. The van der Waals surface area contributed by atoms with Crippen molar-refractivity contribution in [1.29, 1.82) is 0 Å². The molecule has 0 spiro atoms. The van der Waals surface area contributed by atoms with E-state index in [0.717, 1.165) is 37.5 Å². The van der Waals surface area contributed by atoms with Crippen LogP contribution in [0.2, 0.25) is 0 Å². The molecule has 3 fully saturated rings. The van der Waals surface area contributed by atoms with Crippen LogP contribution < -0.4 is 0 Å². The summed E-state index contributed by atoms with van der Waals surface area (Å²) in [6, 6.07) is 0. The van der Waals surface area contributed by atoms with E-state index in [2.05, 4.69) is 6.92 Å². The zero-order valence-corrected chi connectivity index (χ0v) is 17.2. The van der Waals surface area contributed by atoms with E-state index < -0.39 is 23.4 Å². The fourth-order valence-electron chi connectivity index (χ4n) is 7.34. The molecule has 0 aromatic heterocycles. The fraction of sp³-hybridized carbons (Fsp3) is 0.739. The number of hydrogen-bond donors (Lipinski definition) is 1. The molecule has 3 saturated carbocycles. The van der Waals surface area contributed by atoms with Crippen molar-refractivity contribution < 1.29 is 29.0 Å². The molecule has 7 atom stereocenters. The molecule has 158 valence electrons. The van der Waals surface area contributed by atoms with Crippen molar-refractivity contribution in [2.24, 2.45) is 34.5 Å². The largest absolute Gasteiger partial charge is 0.458 e. The van der Waals surface area contributed by atoms with E-state index in [0.29, 0.717) is 12.8 Å². The number of aliphatic hydroxyl groups excluding tert-OH is 1. The molecule has 3 unspecified atom stereocenters. The van der Waals surface area contributed by atoms with Crippen LogP contribution in [0.5, 0.6) is 0 Å². The van der Waals surface area contributed by atoms with Crippen LogP contribution >= 0.6 is 0 Å². The summed E-state index contributed by atoms with van der Waals surface area (Å²) in [5.41, 5.74) is 0.0542. The third kappa shape index (κ3) is 3.02. The van der Waals surface area contributed by atoms with Gasteiger partial charge >= 0.3 is 5.97 Å². The minimum absolute atomic E-state index is 0.0102. The molecule has 0 heterocycles. The summed E-state index contributed by atoms with van der Waals surface area (Å²) in [7, 11) is 0. The standard InChI is InChI=1S/C23H30O6/c1-13(25)29-11-20(28)18-6-5-17-16-4-3-14-9-15(26)7-8-22(14,2)21(16)19(27)10-23(17,18)12-24/h9,12,16-19,21,27H,3-8,10-11H2,1-2H3/t16?,17?,18-,19+,21?,22+,23-/m1/s1. The lowest BCUT2D eigenvalue weighted by atomic mass is 9.45. The first-order chi connectivity index (χ1) is 13.7. The van der Waals surface area contributed by atoms with Crippen LogP contribution in [0.15, 0.2) is 11.6 Å². The van der Waals surface area contributed by atoms with Gasteiger partial charge < -0.3 is 14.6 Å². The monoisotopic (exact) mass is 402 g/mol. The first-order valence-corrected chi connectivity index (χ1v) is 10.8. The Morgan fingerprint density at radius 1 is 1.28 bits per heavy atom. The maximum atomic E-state index is 12.8. The van der Waals surface area contributed by atoms with E-state index in [1.54, 1.807) is 6.08 Å². The average molecular weight is 402 g/mol. The summed E-state index contributed by atoms with van der Waals surface area (Å²) in [5.74, 6) is -0.843. The number of ketones is 2. The van der Waals surface area contributed by atoms with Crippen molar-refractivity contribution in [3.05, 3.63) is 11.6 Å². The number of ether oxygens (including phenoxy) is 1. The van der Waals surface area contributed by atoms with Gasteiger partial charge in [-0.2, -0.15) is 0 Å². The number of aldehydes is 1. The third-order valence-corrected chi connectivity index (χ3v) is 8.53. The number of Topliss-reactive ketones (excluding diaryl/α,β-unsaturated/α-hetero) is 1. The second-order valence-corrected chi connectivity index (χ2v) is 9.77. The molecule has 0 aliphatic heterocycles. The van der Waals surface area contributed by atoms with Gasteiger partial charge in [0.05, 0.1) is 6.10 Å². The highest BCUT2D eigenvalue weighted by atomic mass is 16.5. The van der Waals surface area contributed by atoms with E-state index in [9.17, 15) is 24.3 Å². The number of hydrogen-bond acceptors (Lipinski definition) is 6. The Morgan fingerprint density at radius 2 is 2.03 bits per heavy atom. The van der Waals surface area contributed by atoms with Crippen LogP contribution in [-0.4, -0.2) is 41.6 Å². The van der Waals surface area contributed by atoms with Gasteiger partial charge in [-0.25, -0.2) is 0 Å². The molecule has 6 heteroatoms. The average Bonchev–Trinajstić information content (AvgIpc) is 3.06. The Bertz CT molecular complexity index is 784. The van der Waals surface area contributed by atoms with Crippen molar-refractivity contribution in [2.45, 2.75) is 64.9 Å². The minimum Gasteiger partial charge on any atom is -0.458 e. The van der Waals surface area contributed by atoms with Gasteiger partial charge in [-0.3, -0.25) is 14.4 Å². The number of carbonyl (C=O) groups excluding carboxylic acids is 4. The van der Waals surface area contributed by atoms with Gasteiger partial charge in [-0.1, -0.05) is 12.5 Å². The first kappa shape index (κ1) is 20.5. The Labute approximate surface area is 171 Å². The number of allylic oxidation sites excluding steroid dienone is 1. The van der Waals surface area contributed by atoms with Crippen molar-refractivity contribution in [1.82, 2.24) is 0 Å². The molecule has 4 aliphatic carbocycles. The summed E-state index contributed by atoms with van der Waals surface area (Å²) < 4.78 is 4.91. The van der Waals surface area contributed by atoms with Crippen molar-refractivity contribution in [2.75, 3.05) is 6.61 Å². The molecule has 29 heavy (non-hydrogen) atoms. The molecule has 0 radical (unpaired) electrons. The van der Waals surface area contributed by atoms with Gasteiger partial charge in [0, 0.05) is 24.7 Å². The van der Waals surface area contributed by atoms with Gasteiger partial charge in [-0.05, 0) is 67.8 Å². The molecule has 0 aromatic carbocycles. The molecule has 0 saturated heterocycles. The summed E-state index contributed by atoms with van der Waals surface area (Å²) in [5, 5.41) is 11.3. The van der Waals surface area contributed by atoms with Gasteiger partial charge in [0.15, 0.2) is 11.6 Å². The second kappa shape index (κ2) is 7.15. The lowest BCUT2D eigenvalue weighted by molar-refractivity contribution is -0.159. The van der Waals surface area contributed by atoms with Crippen molar-refractivity contribution in [3.8, 4) is 0 Å². The summed E-state index contributed by atoms with van der Waals surface area (Å²) >= 11 is 0. The Balaban J connectivity index is 1.65. The van der Waals surface area contributed by atoms with E-state index in [-0.39, 0.29) is 47.8 Å². The Morgan fingerprint density at radius 3 is 2.72 bits per heavy atom. The van der Waals surface area contributed by atoms with Crippen LogP contribution in [0.4, 0.5) is 0 Å². The van der Waals surface area contributed by atoms with E-state index in [4.69, 9.17) is 4.74 Å². The number of rotatable bonds is 4. The van der Waals surface area contributed by atoms with Crippen LogP contribution in [-0.2, 0) is 23.9 Å². The molecule has 4 aliphatic rings. The normalized spacial score (nSPS) is 43.5. The van der Waals surface area contributed by atoms with E-state index in [1.165, 1.54) is 6.92 Å². The summed E-state index contributed by atoms with van der Waals surface area (Å²) in [4.78, 5) is 48.3. The van der Waals surface area contributed by atoms with Gasteiger partial charge in [0.2, 0.25) is 0 Å². The van der Waals surface area contributed by atoms with Gasteiger partial charge in [0.25, 0.3) is 0 Å². The zero-order chi connectivity index (χ0) is 21.0. The fourth-order valence-corrected chi connectivity index (χ4v) is 7.34. The van der Waals surface area contributed by atoms with Crippen molar-refractivity contribution >= 4 is 23.8 Å². The zero-order valence-electron chi connectivity index (χ0n) is 17.2. The van der Waals surface area contributed by atoms with E-state index in [1.807, 2.05) is 0 Å². The van der Waals surface area contributed by atoms with Gasteiger partial charge in [-0.15, -0.1) is 0 Å². The maximum absolute atomic E-state index is 12.8. The highest BCUT2D eigenvalue weighted by Crippen LogP contribution is 2.66. The van der Waals surface area contributed by atoms with Crippen LogP contribution in [0.3, 0.4) is 0 Å². The number of carbonyl (C=O) groups is 4. The lowest BCUT2D eigenvalue weighted by Gasteiger charge is -2.59. The van der Waals surface area contributed by atoms with Crippen LogP contribution in [0.25, 0.3) is 0 Å². The SMILES string of the molecule is CC(=O)OCC(=O)[C@H]1CCC2C3CCC4=CC(=O)CC[C@]4(C)C3[C@@H](O)C[C@@]21C=O. The minimum atomic E-state index is -0.875. The Kier molecular flexibility index (Phi) is 5.04. The first-order valence-electron chi connectivity index (χ1n) is 10.8. The molecular weight excluding hydrogens is 372 g/mol. The highest BCUT2D eigenvalue weighted by molar-refractivity contribution is 5.92. The summed E-state index contributed by atoms with van der Waals surface area (Å²) in [6.07, 6.45) is 6.55. The summed E-state index contributed by atoms with van der Waals surface area (Å²) in [6.45, 7) is 3.12. The number of fused-ring (bicyclic) bond motifs is 5. The topological polar surface area (TPSA) is 97.7 Å². The molecule has 0 bridgehead atoms. The third-order valence-electron chi connectivity index (χ3n) is 8.53. The predicted molar refractivity (Wildman–Crippen MR) is 104 cm³/mol. The second-order valence-electron chi connectivity index (χ2n) is 9.77. The van der Waals surface area contributed by atoms with Crippen LogP contribution in [0, 0.1) is 34.5 Å². The molecule has 6 nitrogen and oxygen atoms in total. The smallest absolute Gasteiger partial charge is 0.303 e. The quantitative estimate of drug-likeness (QED) is 0.573. The molecule has 0 amide bonds. The van der Waals surface area contributed by atoms with E-state index >= 15 is 0 Å².